The SMILES string of the molecule is Cc1ccc(N2C(=O)c3cccnc3C2Nc2ccccc2C)cc1. The monoisotopic (exact) mass is 329 g/mol. The van der Waals surface area contributed by atoms with Gasteiger partial charge in [0.25, 0.3) is 5.91 Å². The zero-order valence-electron chi connectivity index (χ0n) is 14.2. The second-order valence-corrected chi connectivity index (χ2v) is 6.31. The summed E-state index contributed by atoms with van der Waals surface area (Å²) in [7, 11) is 0. The summed E-state index contributed by atoms with van der Waals surface area (Å²) in [6, 6.07) is 19.7. The molecule has 0 spiro atoms. The van der Waals surface area contributed by atoms with E-state index >= 15 is 0 Å². The van der Waals surface area contributed by atoms with E-state index in [0.717, 1.165) is 28.2 Å². The number of rotatable bonds is 3. The summed E-state index contributed by atoms with van der Waals surface area (Å²) < 4.78 is 0. The molecule has 4 heteroatoms. The van der Waals surface area contributed by atoms with Gasteiger partial charge in [-0.05, 0) is 49.7 Å². The van der Waals surface area contributed by atoms with Crippen molar-refractivity contribution in [2.45, 2.75) is 20.0 Å². The second kappa shape index (κ2) is 6.06. The molecular formula is C21H19N3O. The van der Waals surface area contributed by atoms with Gasteiger partial charge in [0.2, 0.25) is 0 Å². The molecule has 1 aromatic heterocycles. The van der Waals surface area contributed by atoms with Crippen LogP contribution in [0.25, 0.3) is 0 Å². The number of nitrogens with one attached hydrogen (secondary N) is 1. The van der Waals surface area contributed by atoms with Crippen LogP contribution < -0.4 is 10.2 Å². The van der Waals surface area contributed by atoms with E-state index in [0.29, 0.717) is 5.56 Å². The van der Waals surface area contributed by atoms with Crippen molar-refractivity contribution in [3.8, 4) is 0 Å². The summed E-state index contributed by atoms with van der Waals surface area (Å²) in [5.41, 5.74) is 5.55. The topological polar surface area (TPSA) is 45.2 Å². The van der Waals surface area contributed by atoms with Gasteiger partial charge in [-0.1, -0.05) is 35.9 Å². The van der Waals surface area contributed by atoms with Crippen molar-refractivity contribution in [3.63, 3.8) is 0 Å². The van der Waals surface area contributed by atoms with Crippen LogP contribution >= 0.6 is 0 Å². The summed E-state index contributed by atoms with van der Waals surface area (Å²) >= 11 is 0. The van der Waals surface area contributed by atoms with E-state index in [-0.39, 0.29) is 12.1 Å². The molecule has 1 aliphatic heterocycles. The van der Waals surface area contributed by atoms with Crippen LogP contribution in [0.5, 0.6) is 0 Å². The van der Waals surface area contributed by atoms with Crippen LogP contribution in [0.2, 0.25) is 0 Å². The largest absolute Gasteiger partial charge is 0.360 e. The Balaban J connectivity index is 1.80. The highest BCUT2D eigenvalue weighted by molar-refractivity contribution is 6.11. The van der Waals surface area contributed by atoms with E-state index in [9.17, 15) is 4.79 Å². The first-order chi connectivity index (χ1) is 12.1. The van der Waals surface area contributed by atoms with Gasteiger partial charge >= 0.3 is 0 Å². The van der Waals surface area contributed by atoms with Crippen LogP contribution in [0, 0.1) is 13.8 Å². The molecule has 1 amide bonds. The maximum Gasteiger partial charge on any atom is 0.262 e. The van der Waals surface area contributed by atoms with E-state index in [2.05, 4.69) is 23.3 Å². The number of aryl methyl sites for hydroxylation is 2. The minimum absolute atomic E-state index is 0.0296. The first kappa shape index (κ1) is 15.4. The van der Waals surface area contributed by atoms with E-state index in [4.69, 9.17) is 0 Å². The average Bonchev–Trinajstić information content (AvgIpc) is 2.90. The normalized spacial score (nSPS) is 16.0. The Morgan fingerprint density at radius 1 is 0.960 bits per heavy atom. The summed E-state index contributed by atoms with van der Waals surface area (Å²) in [5, 5.41) is 3.50. The van der Waals surface area contributed by atoms with Gasteiger partial charge in [-0.2, -0.15) is 0 Å². The molecule has 0 fully saturated rings. The maximum absolute atomic E-state index is 13.0. The van der Waals surface area contributed by atoms with Crippen LogP contribution in [0.3, 0.4) is 0 Å². The van der Waals surface area contributed by atoms with Gasteiger partial charge in [-0.3, -0.25) is 14.7 Å². The third-order valence-corrected chi connectivity index (χ3v) is 4.55. The lowest BCUT2D eigenvalue weighted by molar-refractivity contribution is 0.0993. The number of nitrogens with zero attached hydrogens (tertiary/aromatic N) is 2. The molecule has 2 aromatic carbocycles. The van der Waals surface area contributed by atoms with Crippen molar-refractivity contribution in [2.75, 3.05) is 10.2 Å². The van der Waals surface area contributed by atoms with Gasteiger partial charge in [-0.25, -0.2) is 0 Å². The van der Waals surface area contributed by atoms with Crippen LogP contribution in [0.4, 0.5) is 11.4 Å². The van der Waals surface area contributed by atoms with Gasteiger partial charge in [0.15, 0.2) is 6.17 Å². The molecule has 3 aromatic rings. The molecule has 1 N–H and O–H groups in total. The Morgan fingerprint density at radius 3 is 2.48 bits per heavy atom. The molecule has 0 bridgehead atoms. The van der Waals surface area contributed by atoms with Gasteiger partial charge in [0.1, 0.15) is 0 Å². The van der Waals surface area contributed by atoms with Crippen molar-refractivity contribution in [3.05, 3.63) is 89.2 Å². The minimum atomic E-state index is -0.326. The molecule has 1 atom stereocenters. The quantitative estimate of drug-likeness (QED) is 0.771. The molecule has 0 aliphatic carbocycles. The fourth-order valence-electron chi connectivity index (χ4n) is 3.17. The Labute approximate surface area is 147 Å². The number of fused-ring (bicyclic) bond motifs is 1. The van der Waals surface area contributed by atoms with E-state index in [1.54, 1.807) is 17.2 Å². The van der Waals surface area contributed by atoms with Gasteiger partial charge in [0.05, 0.1) is 11.3 Å². The second-order valence-electron chi connectivity index (χ2n) is 6.31. The van der Waals surface area contributed by atoms with Gasteiger partial charge in [-0.15, -0.1) is 0 Å². The number of anilines is 2. The lowest BCUT2D eigenvalue weighted by atomic mass is 10.1. The van der Waals surface area contributed by atoms with Crippen LogP contribution in [0.1, 0.15) is 33.3 Å². The van der Waals surface area contributed by atoms with Crippen molar-refractivity contribution < 1.29 is 4.79 Å². The third-order valence-electron chi connectivity index (χ3n) is 4.55. The molecule has 1 aliphatic rings. The molecule has 1 unspecified atom stereocenters. The highest BCUT2D eigenvalue weighted by Gasteiger charge is 2.39. The summed E-state index contributed by atoms with van der Waals surface area (Å²) in [4.78, 5) is 19.3. The molecule has 4 rings (SSSR count). The fraction of sp³-hybridized carbons (Fsp3) is 0.143. The fourth-order valence-corrected chi connectivity index (χ4v) is 3.17. The Morgan fingerprint density at radius 2 is 1.72 bits per heavy atom. The molecule has 0 radical (unpaired) electrons. The smallest absolute Gasteiger partial charge is 0.262 e. The summed E-state index contributed by atoms with van der Waals surface area (Å²) in [6.07, 6.45) is 1.41. The highest BCUT2D eigenvalue weighted by atomic mass is 16.2. The maximum atomic E-state index is 13.0. The average molecular weight is 329 g/mol. The Hall–Kier alpha value is -3.14. The Bertz CT molecular complexity index is 934. The van der Waals surface area contributed by atoms with Crippen molar-refractivity contribution in [2.24, 2.45) is 0 Å². The number of carbonyl (C=O) groups excluding carboxylic acids is 1. The highest BCUT2D eigenvalue weighted by Crippen LogP contribution is 2.37. The first-order valence-corrected chi connectivity index (χ1v) is 8.32. The molecule has 124 valence electrons. The standard InChI is InChI=1S/C21H19N3O/c1-14-9-11-16(12-10-14)24-20(23-18-8-4-3-6-15(18)2)19-17(21(24)25)7-5-13-22-19/h3-13,20,23H,1-2H3. The number of aromatic nitrogens is 1. The lowest BCUT2D eigenvalue weighted by Gasteiger charge is -2.27. The zero-order chi connectivity index (χ0) is 17.4. The molecule has 0 saturated carbocycles. The van der Waals surface area contributed by atoms with Crippen LogP contribution in [-0.2, 0) is 0 Å². The van der Waals surface area contributed by atoms with Crippen molar-refractivity contribution in [1.29, 1.82) is 0 Å². The predicted octanol–water partition coefficient (Wildman–Crippen LogP) is 4.47. The molecule has 2 heterocycles. The third kappa shape index (κ3) is 2.66. The van der Waals surface area contributed by atoms with Crippen molar-refractivity contribution in [1.82, 2.24) is 4.98 Å². The molecule has 0 saturated heterocycles. The van der Waals surface area contributed by atoms with Crippen LogP contribution in [0.15, 0.2) is 66.9 Å². The van der Waals surface area contributed by atoms with Gasteiger partial charge in [0, 0.05) is 17.6 Å². The van der Waals surface area contributed by atoms with E-state index in [1.807, 2.05) is 55.5 Å². The van der Waals surface area contributed by atoms with E-state index < -0.39 is 0 Å². The van der Waals surface area contributed by atoms with E-state index in [1.165, 1.54) is 0 Å². The Kier molecular flexibility index (Phi) is 3.73. The van der Waals surface area contributed by atoms with Crippen LogP contribution in [-0.4, -0.2) is 10.9 Å². The molecular weight excluding hydrogens is 310 g/mol. The number of benzene rings is 2. The van der Waals surface area contributed by atoms with Crippen molar-refractivity contribution >= 4 is 17.3 Å². The molecule has 4 nitrogen and oxygen atoms in total. The summed E-state index contributed by atoms with van der Waals surface area (Å²) in [6.45, 7) is 4.09. The predicted molar refractivity (Wildman–Crippen MR) is 99.8 cm³/mol. The number of para-hydroxylation sites is 1. The first-order valence-electron chi connectivity index (χ1n) is 8.32. The molecule has 25 heavy (non-hydrogen) atoms. The number of hydrogen-bond acceptors (Lipinski definition) is 3. The minimum Gasteiger partial charge on any atom is -0.360 e. The number of hydrogen-bond donors (Lipinski definition) is 1. The number of pyridine rings is 1. The number of carbonyl (C=O) groups is 1. The summed E-state index contributed by atoms with van der Waals surface area (Å²) in [5.74, 6) is -0.0296. The zero-order valence-corrected chi connectivity index (χ0v) is 14.2. The number of amides is 1. The lowest BCUT2D eigenvalue weighted by Crippen LogP contribution is -2.32. The van der Waals surface area contributed by atoms with Gasteiger partial charge < -0.3 is 5.32 Å².